The molecule has 2 nitrogen and oxygen atoms in total. The number of hydrogen-bond donors (Lipinski definition) is 1. The average molecular weight is 199 g/mol. The van der Waals surface area contributed by atoms with Gasteiger partial charge >= 0.3 is 0 Å². The minimum absolute atomic E-state index is 0.588. The summed E-state index contributed by atoms with van der Waals surface area (Å²) in [6, 6.07) is 4.54. The van der Waals surface area contributed by atoms with Gasteiger partial charge in [0.05, 0.1) is 12.0 Å². The van der Waals surface area contributed by atoms with Crippen LogP contribution in [0.4, 0.5) is 0 Å². The van der Waals surface area contributed by atoms with E-state index < -0.39 is 0 Å². The third kappa shape index (κ3) is 4.39. The monoisotopic (exact) mass is 199 g/mol. The van der Waals surface area contributed by atoms with Crippen molar-refractivity contribution in [1.82, 2.24) is 5.32 Å². The van der Waals surface area contributed by atoms with Gasteiger partial charge in [0.1, 0.15) is 5.76 Å². The highest BCUT2D eigenvalue weighted by atomic mass is 32.2. The summed E-state index contributed by atoms with van der Waals surface area (Å²) >= 11 is 1.90. The summed E-state index contributed by atoms with van der Waals surface area (Å²) in [7, 11) is 0. The van der Waals surface area contributed by atoms with Crippen LogP contribution in [0.2, 0.25) is 0 Å². The third-order valence-electron chi connectivity index (χ3n) is 1.74. The standard InChI is InChI=1S/C10H17NOS/c1-3-11-9(2)7-13-8-10-5-4-6-12-10/h4-6,9,11H,3,7-8H2,1-2H3. The predicted molar refractivity (Wildman–Crippen MR) is 58.0 cm³/mol. The van der Waals surface area contributed by atoms with Crippen LogP contribution < -0.4 is 5.32 Å². The molecule has 1 heterocycles. The maximum absolute atomic E-state index is 5.23. The zero-order chi connectivity index (χ0) is 9.52. The minimum atomic E-state index is 0.588. The molecular formula is C10H17NOS. The molecule has 74 valence electrons. The molecule has 3 heteroatoms. The Kier molecular flexibility index (Phi) is 5.01. The van der Waals surface area contributed by atoms with E-state index in [4.69, 9.17) is 4.42 Å². The lowest BCUT2D eigenvalue weighted by atomic mass is 10.4. The van der Waals surface area contributed by atoms with Crippen LogP contribution in [-0.4, -0.2) is 18.3 Å². The highest BCUT2D eigenvalue weighted by Crippen LogP contribution is 2.12. The van der Waals surface area contributed by atoms with Crippen molar-refractivity contribution in [2.24, 2.45) is 0 Å². The molecule has 13 heavy (non-hydrogen) atoms. The maximum Gasteiger partial charge on any atom is 0.113 e. The number of hydrogen-bond acceptors (Lipinski definition) is 3. The molecule has 0 fully saturated rings. The molecule has 1 aromatic heterocycles. The molecule has 1 aromatic rings. The van der Waals surface area contributed by atoms with Crippen molar-refractivity contribution in [3.63, 3.8) is 0 Å². The van der Waals surface area contributed by atoms with Crippen molar-refractivity contribution >= 4 is 11.8 Å². The van der Waals surface area contributed by atoms with E-state index in [1.807, 2.05) is 23.9 Å². The summed E-state index contributed by atoms with van der Waals surface area (Å²) in [6.45, 7) is 5.38. The number of nitrogens with one attached hydrogen (secondary N) is 1. The molecule has 0 amide bonds. The molecule has 0 aliphatic carbocycles. The minimum Gasteiger partial charge on any atom is -0.468 e. The van der Waals surface area contributed by atoms with Gasteiger partial charge in [0.25, 0.3) is 0 Å². The van der Waals surface area contributed by atoms with Crippen molar-refractivity contribution < 1.29 is 4.42 Å². The van der Waals surface area contributed by atoms with Gasteiger partial charge in [-0.05, 0) is 25.6 Å². The molecular weight excluding hydrogens is 182 g/mol. The average Bonchev–Trinajstić information content (AvgIpc) is 2.57. The topological polar surface area (TPSA) is 25.2 Å². The van der Waals surface area contributed by atoms with E-state index in [0.717, 1.165) is 23.8 Å². The van der Waals surface area contributed by atoms with Gasteiger partial charge in [-0.15, -0.1) is 0 Å². The molecule has 0 saturated carbocycles. The van der Waals surface area contributed by atoms with Gasteiger partial charge in [-0.3, -0.25) is 0 Å². The smallest absolute Gasteiger partial charge is 0.113 e. The van der Waals surface area contributed by atoms with E-state index in [0.29, 0.717) is 6.04 Å². The quantitative estimate of drug-likeness (QED) is 0.762. The van der Waals surface area contributed by atoms with Crippen LogP contribution in [0, 0.1) is 0 Å². The van der Waals surface area contributed by atoms with Gasteiger partial charge in [-0.2, -0.15) is 11.8 Å². The summed E-state index contributed by atoms with van der Waals surface area (Å²) in [6.07, 6.45) is 1.73. The van der Waals surface area contributed by atoms with E-state index in [9.17, 15) is 0 Å². The van der Waals surface area contributed by atoms with Crippen molar-refractivity contribution in [3.8, 4) is 0 Å². The molecule has 0 aliphatic rings. The highest BCUT2D eigenvalue weighted by molar-refractivity contribution is 7.98. The van der Waals surface area contributed by atoms with Gasteiger partial charge in [-0.25, -0.2) is 0 Å². The van der Waals surface area contributed by atoms with E-state index in [-0.39, 0.29) is 0 Å². The molecule has 1 atom stereocenters. The van der Waals surface area contributed by atoms with Gasteiger partial charge in [0, 0.05) is 11.8 Å². The molecule has 0 spiro atoms. The SMILES string of the molecule is CCNC(C)CSCc1ccco1. The number of thioether (sulfide) groups is 1. The second-order valence-electron chi connectivity index (χ2n) is 3.05. The third-order valence-corrected chi connectivity index (χ3v) is 2.97. The largest absolute Gasteiger partial charge is 0.468 e. The lowest BCUT2D eigenvalue weighted by Crippen LogP contribution is -2.27. The summed E-state index contributed by atoms with van der Waals surface area (Å²) in [4.78, 5) is 0. The molecule has 1 rings (SSSR count). The predicted octanol–water partition coefficient (Wildman–Crippen LogP) is 2.51. The Morgan fingerprint density at radius 2 is 2.46 bits per heavy atom. The van der Waals surface area contributed by atoms with Gasteiger partial charge in [-0.1, -0.05) is 6.92 Å². The molecule has 1 N–H and O–H groups in total. The Hall–Kier alpha value is -0.410. The van der Waals surface area contributed by atoms with E-state index in [1.165, 1.54) is 0 Å². The van der Waals surface area contributed by atoms with Crippen LogP contribution in [0.5, 0.6) is 0 Å². The van der Waals surface area contributed by atoms with Crippen molar-refractivity contribution in [1.29, 1.82) is 0 Å². The van der Waals surface area contributed by atoms with Crippen molar-refractivity contribution in [3.05, 3.63) is 24.2 Å². The normalized spacial score (nSPS) is 13.1. The molecule has 0 saturated heterocycles. The molecule has 0 aliphatic heterocycles. The number of rotatable bonds is 6. The van der Waals surface area contributed by atoms with Gasteiger partial charge < -0.3 is 9.73 Å². The first-order valence-electron chi connectivity index (χ1n) is 4.66. The first kappa shape index (κ1) is 10.7. The van der Waals surface area contributed by atoms with Crippen LogP contribution in [0.3, 0.4) is 0 Å². The Morgan fingerprint density at radius 3 is 3.08 bits per heavy atom. The first-order chi connectivity index (χ1) is 6.33. The Labute approximate surface area is 84.1 Å². The molecule has 1 unspecified atom stereocenters. The van der Waals surface area contributed by atoms with Crippen molar-refractivity contribution in [2.75, 3.05) is 12.3 Å². The lowest BCUT2D eigenvalue weighted by molar-refractivity contribution is 0.530. The van der Waals surface area contributed by atoms with Gasteiger partial charge in [0.15, 0.2) is 0 Å². The van der Waals surface area contributed by atoms with E-state index >= 15 is 0 Å². The Morgan fingerprint density at radius 1 is 1.62 bits per heavy atom. The summed E-state index contributed by atoms with van der Waals surface area (Å²) in [5.41, 5.74) is 0. The molecule has 0 radical (unpaired) electrons. The first-order valence-corrected chi connectivity index (χ1v) is 5.82. The fraction of sp³-hybridized carbons (Fsp3) is 0.600. The van der Waals surface area contributed by atoms with Crippen molar-refractivity contribution in [2.45, 2.75) is 25.6 Å². The highest BCUT2D eigenvalue weighted by Gasteiger charge is 2.00. The second kappa shape index (κ2) is 6.11. The lowest BCUT2D eigenvalue weighted by Gasteiger charge is -2.10. The fourth-order valence-electron chi connectivity index (χ4n) is 1.14. The zero-order valence-electron chi connectivity index (χ0n) is 8.25. The maximum atomic E-state index is 5.23. The van der Waals surface area contributed by atoms with Gasteiger partial charge in [0.2, 0.25) is 0 Å². The molecule has 0 aromatic carbocycles. The van der Waals surface area contributed by atoms with E-state index in [2.05, 4.69) is 19.2 Å². The fourth-order valence-corrected chi connectivity index (χ4v) is 2.09. The van der Waals surface area contributed by atoms with Crippen LogP contribution in [0.15, 0.2) is 22.8 Å². The van der Waals surface area contributed by atoms with Crippen LogP contribution in [0.1, 0.15) is 19.6 Å². The van der Waals surface area contributed by atoms with E-state index in [1.54, 1.807) is 6.26 Å². The van der Waals surface area contributed by atoms with Crippen LogP contribution in [-0.2, 0) is 5.75 Å². The van der Waals surface area contributed by atoms with Crippen LogP contribution in [0.25, 0.3) is 0 Å². The molecule has 0 bridgehead atoms. The Bertz CT molecular complexity index is 211. The second-order valence-corrected chi connectivity index (χ2v) is 4.08. The summed E-state index contributed by atoms with van der Waals surface area (Å²) in [5, 5.41) is 3.37. The zero-order valence-corrected chi connectivity index (χ0v) is 9.06. The summed E-state index contributed by atoms with van der Waals surface area (Å²) < 4.78 is 5.23. The number of furan rings is 1. The Balaban J connectivity index is 2.07. The van der Waals surface area contributed by atoms with Crippen LogP contribution >= 0.6 is 11.8 Å². The summed E-state index contributed by atoms with van der Waals surface area (Å²) in [5.74, 6) is 3.17.